The van der Waals surface area contributed by atoms with Crippen LogP contribution in [0.15, 0.2) is 11.6 Å². The van der Waals surface area contributed by atoms with Crippen LogP contribution in [0.3, 0.4) is 0 Å². The van der Waals surface area contributed by atoms with Crippen molar-refractivity contribution in [3.8, 4) is 0 Å². The standard InChI is InChI=1S/C13H23N/c1-3-4-10(2)7-11-8-12-5-6-13(9-11)14-12/h7,10,12-14H,3-6,8-9H2,1-2H3. The van der Waals surface area contributed by atoms with Gasteiger partial charge in [0.2, 0.25) is 0 Å². The Bertz CT molecular complexity index is 205. The van der Waals surface area contributed by atoms with Crippen LogP contribution < -0.4 is 5.32 Å². The molecule has 0 amide bonds. The minimum absolute atomic E-state index is 0.799. The fourth-order valence-corrected chi connectivity index (χ4v) is 3.02. The molecule has 0 aromatic carbocycles. The molecule has 2 rings (SSSR count). The third kappa shape index (κ3) is 2.38. The zero-order chi connectivity index (χ0) is 9.97. The number of allylic oxidation sites excluding steroid dienone is 1. The van der Waals surface area contributed by atoms with E-state index in [0.717, 1.165) is 18.0 Å². The maximum atomic E-state index is 3.68. The second kappa shape index (κ2) is 4.48. The predicted molar refractivity (Wildman–Crippen MR) is 61.3 cm³/mol. The summed E-state index contributed by atoms with van der Waals surface area (Å²) in [7, 11) is 0. The lowest BCUT2D eigenvalue weighted by atomic mass is 9.94. The Morgan fingerprint density at radius 2 is 2.00 bits per heavy atom. The molecule has 80 valence electrons. The van der Waals surface area contributed by atoms with Crippen molar-refractivity contribution in [2.75, 3.05) is 0 Å². The number of piperidine rings is 1. The Labute approximate surface area is 88.0 Å². The SMILES string of the molecule is CCCC(C)C=C1CC2CCC(C1)N2. The summed E-state index contributed by atoms with van der Waals surface area (Å²) in [6, 6.07) is 1.63. The van der Waals surface area contributed by atoms with E-state index in [9.17, 15) is 0 Å². The van der Waals surface area contributed by atoms with E-state index in [1.807, 2.05) is 0 Å². The molecule has 2 bridgehead atoms. The molecular weight excluding hydrogens is 170 g/mol. The molecule has 2 aliphatic heterocycles. The van der Waals surface area contributed by atoms with E-state index in [-0.39, 0.29) is 0 Å². The zero-order valence-corrected chi connectivity index (χ0v) is 9.55. The number of hydrogen-bond acceptors (Lipinski definition) is 1. The molecule has 0 aromatic heterocycles. The van der Waals surface area contributed by atoms with Gasteiger partial charge in [-0.3, -0.25) is 0 Å². The van der Waals surface area contributed by atoms with Crippen molar-refractivity contribution in [2.24, 2.45) is 5.92 Å². The van der Waals surface area contributed by atoms with Crippen molar-refractivity contribution in [1.29, 1.82) is 0 Å². The van der Waals surface area contributed by atoms with Gasteiger partial charge in [0.25, 0.3) is 0 Å². The molecule has 14 heavy (non-hydrogen) atoms. The number of fused-ring (bicyclic) bond motifs is 2. The molecule has 0 aliphatic carbocycles. The van der Waals surface area contributed by atoms with Crippen molar-refractivity contribution >= 4 is 0 Å². The molecule has 0 saturated carbocycles. The van der Waals surface area contributed by atoms with Crippen molar-refractivity contribution in [2.45, 2.75) is 64.5 Å². The third-order valence-electron chi connectivity index (χ3n) is 3.62. The molecule has 2 heterocycles. The van der Waals surface area contributed by atoms with Crippen molar-refractivity contribution in [3.05, 3.63) is 11.6 Å². The van der Waals surface area contributed by atoms with Gasteiger partial charge < -0.3 is 5.32 Å². The van der Waals surface area contributed by atoms with Crippen LogP contribution in [0.25, 0.3) is 0 Å². The summed E-state index contributed by atoms with van der Waals surface area (Å²) in [6.07, 6.45) is 10.7. The molecule has 3 unspecified atom stereocenters. The number of hydrogen-bond donors (Lipinski definition) is 1. The predicted octanol–water partition coefficient (Wildman–Crippen LogP) is 3.26. The lowest BCUT2D eigenvalue weighted by molar-refractivity contribution is 0.468. The van der Waals surface area contributed by atoms with E-state index in [0.29, 0.717) is 0 Å². The van der Waals surface area contributed by atoms with Crippen LogP contribution in [0.5, 0.6) is 0 Å². The van der Waals surface area contributed by atoms with E-state index in [2.05, 4.69) is 25.2 Å². The molecule has 1 heteroatoms. The first kappa shape index (κ1) is 10.2. The van der Waals surface area contributed by atoms with Crippen LogP contribution in [0.1, 0.15) is 52.4 Å². The number of rotatable bonds is 3. The lowest BCUT2D eigenvalue weighted by Crippen LogP contribution is -2.34. The smallest absolute Gasteiger partial charge is 0.0107 e. The molecule has 0 radical (unpaired) electrons. The van der Waals surface area contributed by atoms with Gasteiger partial charge in [0.05, 0.1) is 0 Å². The lowest BCUT2D eigenvalue weighted by Gasteiger charge is -2.24. The summed E-state index contributed by atoms with van der Waals surface area (Å²) in [5.41, 5.74) is 1.73. The maximum absolute atomic E-state index is 3.68. The van der Waals surface area contributed by atoms with Crippen LogP contribution in [-0.2, 0) is 0 Å². The first-order chi connectivity index (χ1) is 6.78. The van der Waals surface area contributed by atoms with Gasteiger partial charge in [0.15, 0.2) is 0 Å². The van der Waals surface area contributed by atoms with Gasteiger partial charge in [-0.2, -0.15) is 0 Å². The molecule has 0 spiro atoms. The van der Waals surface area contributed by atoms with Crippen LogP contribution >= 0.6 is 0 Å². The first-order valence-corrected chi connectivity index (χ1v) is 6.23. The van der Waals surface area contributed by atoms with Crippen LogP contribution in [0.4, 0.5) is 0 Å². The molecule has 1 nitrogen and oxygen atoms in total. The van der Waals surface area contributed by atoms with Gasteiger partial charge in [0, 0.05) is 12.1 Å². The highest BCUT2D eigenvalue weighted by Crippen LogP contribution is 2.31. The molecule has 1 N–H and O–H groups in total. The number of nitrogens with one attached hydrogen (secondary N) is 1. The molecule has 0 aromatic rings. The fraction of sp³-hybridized carbons (Fsp3) is 0.846. The molecule has 2 aliphatic rings. The van der Waals surface area contributed by atoms with Gasteiger partial charge in [-0.05, 0) is 38.0 Å². The summed E-state index contributed by atoms with van der Waals surface area (Å²) in [5, 5.41) is 3.68. The van der Waals surface area contributed by atoms with E-state index < -0.39 is 0 Å². The maximum Gasteiger partial charge on any atom is 0.0107 e. The summed E-state index contributed by atoms with van der Waals surface area (Å²) >= 11 is 0. The molecular formula is C13H23N. The summed E-state index contributed by atoms with van der Waals surface area (Å²) in [4.78, 5) is 0. The van der Waals surface area contributed by atoms with Gasteiger partial charge in [-0.1, -0.05) is 31.9 Å². The molecule has 2 fully saturated rings. The van der Waals surface area contributed by atoms with Crippen molar-refractivity contribution in [1.82, 2.24) is 5.32 Å². The normalized spacial score (nSPS) is 33.1. The average molecular weight is 193 g/mol. The first-order valence-electron chi connectivity index (χ1n) is 6.23. The largest absolute Gasteiger partial charge is 0.311 e. The van der Waals surface area contributed by atoms with Crippen molar-refractivity contribution in [3.63, 3.8) is 0 Å². The monoisotopic (exact) mass is 193 g/mol. The molecule has 3 atom stereocenters. The minimum atomic E-state index is 0.799. The van der Waals surface area contributed by atoms with E-state index in [1.165, 1.54) is 38.5 Å². The van der Waals surface area contributed by atoms with Crippen LogP contribution in [0.2, 0.25) is 0 Å². The summed E-state index contributed by atoms with van der Waals surface area (Å²) < 4.78 is 0. The highest BCUT2D eigenvalue weighted by molar-refractivity contribution is 5.14. The van der Waals surface area contributed by atoms with Crippen LogP contribution in [0, 0.1) is 5.92 Å². The Morgan fingerprint density at radius 3 is 2.57 bits per heavy atom. The topological polar surface area (TPSA) is 12.0 Å². The van der Waals surface area contributed by atoms with Gasteiger partial charge in [0.1, 0.15) is 0 Å². The fourth-order valence-electron chi connectivity index (χ4n) is 3.02. The van der Waals surface area contributed by atoms with E-state index >= 15 is 0 Å². The summed E-state index contributed by atoms with van der Waals surface area (Å²) in [6.45, 7) is 4.64. The average Bonchev–Trinajstić information content (AvgIpc) is 2.46. The second-order valence-corrected chi connectivity index (χ2v) is 5.14. The highest BCUT2D eigenvalue weighted by atomic mass is 15.0. The Morgan fingerprint density at radius 1 is 1.36 bits per heavy atom. The van der Waals surface area contributed by atoms with Crippen LogP contribution in [-0.4, -0.2) is 12.1 Å². The third-order valence-corrected chi connectivity index (χ3v) is 3.62. The Hall–Kier alpha value is -0.300. The quantitative estimate of drug-likeness (QED) is 0.678. The van der Waals surface area contributed by atoms with Gasteiger partial charge in [-0.25, -0.2) is 0 Å². The van der Waals surface area contributed by atoms with Gasteiger partial charge >= 0.3 is 0 Å². The zero-order valence-electron chi connectivity index (χ0n) is 9.55. The van der Waals surface area contributed by atoms with Crippen molar-refractivity contribution < 1.29 is 0 Å². The Kier molecular flexibility index (Phi) is 3.27. The molecule has 2 saturated heterocycles. The van der Waals surface area contributed by atoms with Gasteiger partial charge in [-0.15, -0.1) is 0 Å². The highest BCUT2D eigenvalue weighted by Gasteiger charge is 2.29. The second-order valence-electron chi connectivity index (χ2n) is 5.14. The minimum Gasteiger partial charge on any atom is -0.311 e. The Balaban J connectivity index is 1.91. The summed E-state index contributed by atoms with van der Waals surface area (Å²) in [5.74, 6) is 0.799. The van der Waals surface area contributed by atoms with E-state index in [1.54, 1.807) is 5.57 Å². The van der Waals surface area contributed by atoms with E-state index in [4.69, 9.17) is 0 Å².